The second kappa shape index (κ2) is 8.39. The number of anilines is 1. The van der Waals surface area contributed by atoms with E-state index in [4.69, 9.17) is 4.74 Å². The molecule has 31 heavy (non-hydrogen) atoms. The third kappa shape index (κ3) is 4.93. The molecule has 1 atom stereocenters. The van der Waals surface area contributed by atoms with Crippen LogP contribution in [0.4, 0.5) is 14.9 Å². The van der Waals surface area contributed by atoms with E-state index in [0.29, 0.717) is 29.9 Å². The Hall–Kier alpha value is -2.79. The minimum atomic E-state index is -3.08. The molecular weight excluding hydrogens is 425 g/mol. The first-order valence-electron chi connectivity index (χ1n) is 9.91. The van der Waals surface area contributed by atoms with E-state index < -0.39 is 27.9 Å². The Balaban J connectivity index is 1.44. The van der Waals surface area contributed by atoms with Crippen molar-refractivity contribution >= 4 is 27.2 Å². The average molecular weight is 450 g/mol. The van der Waals surface area contributed by atoms with Crippen LogP contribution in [0.3, 0.4) is 0 Å². The van der Waals surface area contributed by atoms with Gasteiger partial charge in [-0.1, -0.05) is 11.3 Å². The maximum Gasteiger partial charge on any atom is 0.414 e. The molecule has 3 heterocycles. The monoisotopic (exact) mass is 449 g/mol. The summed E-state index contributed by atoms with van der Waals surface area (Å²) in [5, 5.41) is 8.16. The molecule has 9 nitrogen and oxygen atoms in total. The molecule has 0 N–H and O–H groups in total. The third-order valence-electron chi connectivity index (χ3n) is 5.21. The summed E-state index contributed by atoms with van der Waals surface area (Å²) < 4.78 is 45.0. The number of cyclic esters (lactones) is 1. The minimum Gasteiger partial charge on any atom is -0.442 e. The van der Waals surface area contributed by atoms with Crippen molar-refractivity contribution in [3.05, 3.63) is 47.5 Å². The first kappa shape index (κ1) is 21.4. The molecule has 166 valence electrons. The number of ether oxygens (including phenoxy) is 1. The molecule has 1 aromatic heterocycles. The highest BCUT2D eigenvalue weighted by molar-refractivity contribution is 7.91. The van der Waals surface area contributed by atoms with E-state index in [-0.39, 0.29) is 24.5 Å². The zero-order valence-electron chi connectivity index (χ0n) is 17.4. The van der Waals surface area contributed by atoms with E-state index in [0.717, 1.165) is 5.69 Å². The number of amides is 1. The van der Waals surface area contributed by atoms with Crippen molar-refractivity contribution < 1.29 is 22.3 Å². The quantitative estimate of drug-likeness (QED) is 0.662. The summed E-state index contributed by atoms with van der Waals surface area (Å²) in [7, 11) is 0.791. The number of hydrogen-bond acceptors (Lipinski definition) is 7. The SMILES string of the molecule is CN(C)Cc1cn(C[C@H]2CN(c3ccc(C4=CCS(=O)(=O)CC4)c(F)c3)C(=O)O2)nn1. The number of carbonyl (C=O) groups is 1. The van der Waals surface area contributed by atoms with Crippen molar-refractivity contribution in [2.24, 2.45) is 0 Å². The molecule has 2 aromatic rings. The van der Waals surface area contributed by atoms with Gasteiger partial charge in [0, 0.05) is 18.3 Å². The fraction of sp³-hybridized carbons (Fsp3) is 0.450. The summed E-state index contributed by atoms with van der Waals surface area (Å²) in [6.07, 6.45) is 2.66. The lowest BCUT2D eigenvalue weighted by molar-refractivity contribution is 0.129. The summed E-state index contributed by atoms with van der Waals surface area (Å²) in [6.45, 7) is 1.27. The molecule has 2 aliphatic rings. The van der Waals surface area contributed by atoms with Crippen LogP contribution in [0.5, 0.6) is 0 Å². The van der Waals surface area contributed by atoms with E-state index in [2.05, 4.69) is 10.3 Å². The third-order valence-corrected chi connectivity index (χ3v) is 6.71. The van der Waals surface area contributed by atoms with Gasteiger partial charge >= 0.3 is 6.09 Å². The van der Waals surface area contributed by atoms with E-state index in [9.17, 15) is 17.6 Å². The molecule has 0 unspecified atom stereocenters. The molecule has 0 aliphatic carbocycles. The summed E-state index contributed by atoms with van der Waals surface area (Å²) >= 11 is 0. The lowest BCUT2D eigenvalue weighted by Crippen LogP contribution is -2.26. The first-order chi connectivity index (χ1) is 14.7. The number of benzene rings is 1. The highest BCUT2D eigenvalue weighted by atomic mass is 32.2. The Labute approximate surface area is 180 Å². The normalized spacial score (nSPS) is 20.8. The Morgan fingerprint density at radius 3 is 2.81 bits per heavy atom. The van der Waals surface area contributed by atoms with Crippen LogP contribution in [-0.2, 0) is 27.7 Å². The van der Waals surface area contributed by atoms with E-state index in [1.807, 2.05) is 25.2 Å². The summed E-state index contributed by atoms with van der Waals surface area (Å²) in [4.78, 5) is 15.7. The second-order valence-corrected chi connectivity index (χ2v) is 10.3. The van der Waals surface area contributed by atoms with Crippen LogP contribution in [0.2, 0.25) is 0 Å². The predicted octanol–water partition coefficient (Wildman–Crippen LogP) is 1.71. The number of nitrogens with zero attached hydrogens (tertiary/aromatic N) is 5. The van der Waals surface area contributed by atoms with Crippen LogP contribution >= 0.6 is 0 Å². The van der Waals surface area contributed by atoms with Gasteiger partial charge < -0.3 is 9.64 Å². The van der Waals surface area contributed by atoms with Crippen LogP contribution in [0, 0.1) is 5.82 Å². The van der Waals surface area contributed by atoms with Crippen molar-refractivity contribution in [1.29, 1.82) is 0 Å². The van der Waals surface area contributed by atoms with Crippen molar-refractivity contribution in [3.8, 4) is 0 Å². The van der Waals surface area contributed by atoms with Gasteiger partial charge in [0.2, 0.25) is 0 Å². The van der Waals surface area contributed by atoms with Crippen LogP contribution in [0.25, 0.3) is 5.57 Å². The summed E-state index contributed by atoms with van der Waals surface area (Å²) in [5.41, 5.74) is 2.23. The van der Waals surface area contributed by atoms with E-state index in [1.54, 1.807) is 22.9 Å². The maximum absolute atomic E-state index is 14.8. The predicted molar refractivity (Wildman–Crippen MR) is 113 cm³/mol. The maximum atomic E-state index is 14.8. The molecular formula is C20H24FN5O4S. The highest BCUT2D eigenvalue weighted by Crippen LogP contribution is 2.30. The number of hydrogen-bond donors (Lipinski definition) is 0. The van der Waals surface area contributed by atoms with Crippen molar-refractivity contribution in [1.82, 2.24) is 19.9 Å². The molecule has 1 saturated heterocycles. The zero-order chi connectivity index (χ0) is 22.2. The molecule has 4 rings (SSSR count). The first-order valence-corrected chi connectivity index (χ1v) is 11.7. The Bertz CT molecular complexity index is 1130. The molecule has 0 spiro atoms. The zero-order valence-corrected chi connectivity index (χ0v) is 18.2. The van der Waals surface area contributed by atoms with E-state index >= 15 is 0 Å². The second-order valence-electron chi connectivity index (χ2n) is 8.04. The minimum absolute atomic E-state index is 0.0126. The summed E-state index contributed by atoms with van der Waals surface area (Å²) in [5.74, 6) is -0.565. The van der Waals surface area contributed by atoms with Gasteiger partial charge in [0.15, 0.2) is 9.84 Å². The number of halogens is 1. The molecule has 0 bridgehead atoms. The van der Waals surface area contributed by atoms with Crippen LogP contribution < -0.4 is 4.90 Å². The highest BCUT2D eigenvalue weighted by Gasteiger charge is 2.33. The molecule has 1 aromatic carbocycles. The smallest absolute Gasteiger partial charge is 0.414 e. The van der Waals surface area contributed by atoms with Crippen molar-refractivity contribution in [3.63, 3.8) is 0 Å². The van der Waals surface area contributed by atoms with Gasteiger partial charge in [0.1, 0.15) is 11.9 Å². The molecule has 0 saturated carbocycles. The topological polar surface area (TPSA) is 97.6 Å². The van der Waals surface area contributed by atoms with Crippen LogP contribution in [-0.4, -0.2) is 72.7 Å². The number of aromatic nitrogens is 3. The molecule has 1 amide bonds. The Morgan fingerprint density at radius 1 is 1.32 bits per heavy atom. The fourth-order valence-corrected chi connectivity index (χ4v) is 4.87. The lowest BCUT2D eigenvalue weighted by atomic mass is 10.0. The largest absolute Gasteiger partial charge is 0.442 e. The van der Waals surface area contributed by atoms with E-state index in [1.165, 1.54) is 11.0 Å². The standard InChI is InChI=1S/C20H24FN5O4S/c1-24(2)10-15-11-25(23-22-15)12-17-13-26(20(27)30-17)16-3-4-18(19(21)9-16)14-5-7-31(28,29)8-6-14/h3-5,9,11,17H,6-8,10,12-13H2,1-2H3/t17-/m0/s1. The van der Waals surface area contributed by atoms with Crippen LogP contribution in [0.15, 0.2) is 30.5 Å². The molecule has 0 radical (unpaired) electrons. The van der Waals surface area contributed by atoms with Crippen LogP contribution in [0.1, 0.15) is 17.7 Å². The van der Waals surface area contributed by atoms with Crippen molar-refractivity contribution in [2.75, 3.05) is 37.0 Å². The number of allylic oxidation sites excluding steroid dienone is 1. The molecule has 11 heteroatoms. The van der Waals surface area contributed by atoms with Gasteiger partial charge in [-0.05, 0) is 44.3 Å². The molecule has 2 aliphatic heterocycles. The number of carbonyl (C=O) groups excluding carboxylic acids is 1. The summed E-state index contributed by atoms with van der Waals surface area (Å²) in [6, 6.07) is 4.52. The number of rotatable bonds is 6. The van der Waals surface area contributed by atoms with Gasteiger partial charge in [-0.25, -0.2) is 22.3 Å². The Morgan fingerprint density at radius 2 is 2.13 bits per heavy atom. The molecule has 1 fully saturated rings. The lowest BCUT2D eigenvalue weighted by Gasteiger charge is -2.17. The van der Waals surface area contributed by atoms with Gasteiger partial charge in [-0.15, -0.1) is 5.10 Å². The Kier molecular flexibility index (Phi) is 5.80. The fourth-order valence-electron chi connectivity index (χ4n) is 3.72. The van der Waals surface area contributed by atoms with Crippen molar-refractivity contribution in [2.45, 2.75) is 25.6 Å². The van der Waals surface area contributed by atoms with Gasteiger partial charge in [0.25, 0.3) is 0 Å². The van der Waals surface area contributed by atoms with Gasteiger partial charge in [-0.2, -0.15) is 0 Å². The van der Waals surface area contributed by atoms with Gasteiger partial charge in [0.05, 0.1) is 36.0 Å². The average Bonchev–Trinajstić information content (AvgIpc) is 3.28. The van der Waals surface area contributed by atoms with Gasteiger partial charge in [-0.3, -0.25) is 4.90 Å². The number of sulfone groups is 1.